The van der Waals surface area contributed by atoms with E-state index in [0.29, 0.717) is 0 Å². The molecule has 2 aromatic rings. The Morgan fingerprint density at radius 3 is 2.12 bits per heavy atom. The predicted molar refractivity (Wildman–Crippen MR) is 106 cm³/mol. The van der Waals surface area contributed by atoms with Gasteiger partial charge in [0, 0.05) is 13.7 Å². The SMILES string of the molecule is CC(C)(C)[NH-].CO[Si](C)CCO.[Cl][Zr+2][Cl].c1ccc2[cH-]ccc2c1. The van der Waals surface area contributed by atoms with Gasteiger partial charge in [-0.2, -0.15) is 17.5 Å². The van der Waals surface area contributed by atoms with Crippen LogP contribution in [0, 0.1) is 0 Å². The summed E-state index contributed by atoms with van der Waals surface area (Å²) in [4.78, 5) is 0. The Morgan fingerprint density at radius 1 is 1.25 bits per heavy atom. The van der Waals surface area contributed by atoms with E-state index in [4.69, 9.17) is 32.3 Å². The summed E-state index contributed by atoms with van der Waals surface area (Å²) in [6.45, 7) is 7.85. The molecular formula is C17H28Cl2NO2SiZr. The Morgan fingerprint density at radius 2 is 1.75 bits per heavy atom. The molecule has 0 spiro atoms. The number of halogens is 2. The van der Waals surface area contributed by atoms with E-state index in [1.54, 1.807) is 7.11 Å². The van der Waals surface area contributed by atoms with Crippen LogP contribution in [0.4, 0.5) is 0 Å². The first-order valence-electron chi connectivity index (χ1n) is 7.48. The molecule has 0 amide bonds. The van der Waals surface area contributed by atoms with Crippen molar-refractivity contribution in [1.82, 2.24) is 0 Å². The maximum absolute atomic E-state index is 8.31. The molecule has 3 nitrogen and oxygen atoms in total. The van der Waals surface area contributed by atoms with Crippen LogP contribution in [0.15, 0.2) is 42.5 Å². The summed E-state index contributed by atoms with van der Waals surface area (Å²) in [6, 6.07) is 15.5. The van der Waals surface area contributed by atoms with Gasteiger partial charge in [0.05, 0.1) is 0 Å². The predicted octanol–water partition coefficient (Wildman–Crippen LogP) is 6.02. The molecule has 0 aromatic heterocycles. The van der Waals surface area contributed by atoms with Crippen molar-refractivity contribution in [2.24, 2.45) is 0 Å². The van der Waals surface area contributed by atoms with Gasteiger partial charge in [-0.25, -0.2) is 0 Å². The van der Waals surface area contributed by atoms with Crippen molar-refractivity contribution < 1.29 is 30.4 Å². The zero-order valence-electron chi connectivity index (χ0n) is 15.1. The number of aliphatic hydroxyl groups excluding tert-OH is 1. The van der Waals surface area contributed by atoms with Crippen molar-refractivity contribution in [2.45, 2.75) is 38.9 Å². The van der Waals surface area contributed by atoms with Crippen molar-refractivity contribution in [3.63, 3.8) is 0 Å². The molecule has 7 heteroatoms. The van der Waals surface area contributed by atoms with Crippen molar-refractivity contribution >= 4 is 36.8 Å². The smallest absolute Gasteiger partial charge is 0.0809 e. The number of hydrogen-bond donors (Lipinski definition) is 1. The number of nitrogens with one attached hydrogen (secondary N) is 1. The first kappa shape index (κ1) is 26.6. The molecule has 2 aromatic carbocycles. The molecule has 0 aliphatic carbocycles. The molecular weight excluding hydrogens is 440 g/mol. The summed E-state index contributed by atoms with van der Waals surface area (Å²) in [5.41, 5.74) is 6.69. The molecule has 0 aliphatic heterocycles. The molecule has 0 heterocycles. The Bertz CT molecular complexity index is 470. The van der Waals surface area contributed by atoms with Gasteiger partial charge in [0.25, 0.3) is 0 Å². The van der Waals surface area contributed by atoms with Gasteiger partial charge in [0.1, 0.15) is 0 Å². The zero-order valence-corrected chi connectivity index (χ0v) is 20.0. The minimum atomic E-state index is -0.826. The van der Waals surface area contributed by atoms with Gasteiger partial charge in [-0.1, -0.05) is 26.8 Å². The maximum atomic E-state index is 8.31. The average Bonchev–Trinajstić information content (AvgIpc) is 2.95. The molecule has 0 atom stereocenters. The first-order chi connectivity index (χ1) is 11.2. The van der Waals surface area contributed by atoms with Gasteiger partial charge in [-0.15, -0.1) is 35.2 Å². The van der Waals surface area contributed by atoms with E-state index in [2.05, 4.69) is 42.5 Å². The van der Waals surface area contributed by atoms with Crippen LogP contribution in [0.5, 0.6) is 0 Å². The molecule has 135 valence electrons. The fourth-order valence-electron chi connectivity index (χ4n) is 1.33. The molecule has 2 N–H and O–H groups in total. The molecule has 24 heavy (non-hydrogen) atoms. The normalized spacial score (nSPS) is 9.75. The Balaban J connectivity index is 0. The van der Waals surface area contributed by atoms with Crippen LogP contribution in [0.1, 0.15) is 20.8 Å². The standard InChI is InChI=1S/C9H7.C4H10N.C4H11O2Si.2ClH.Zr/c1-2-5-9-7-3-6-8(9)4-1;1-4(2,3)5;1-6-7(2)4-3-5;;;/h1-7H;5H,1-3H3;5H,3-4H2,1-2H3;2*1H;/q2*-1;;;;+4/p-2. The third kappa shape index (κ3) is 20.4. The Labute approximate surface area is 167 Å². The molecule has 0 aliphatic rings. The van der Waals surface area contributed by atoms with Crippen molar-refractivity contribution in [3.05, 3.63) is 48.2 Å². The fraction of sp³-hybridized carbons (Fsp3) is 0.471. The molecule has 0 fully saturated rings. The van der Waals surface area contributed by atoms with Gasteiger partial charge in [0.15, 0.2) is 0 Å². The van der Waals surface area contributed by atoms with Crippen LogP contribution in [0.3, 0.4) is 0 Å². The monoisotopic (exact) mass is 466 g/mol. The van der Waals surface area contributed by atoms with Crippen molar-refractivity contribution in [3.8, 4) is 0 Å². The van der Waals surface area contributed by atoms with Crippen molar-refractivity contribution in [1.29, 1.82) is 0 Å². The van der Waals surface area contributed by atoms with E-state index in [9.17, 15) is 0 Å². The van der Waals surface area contributed by atoms with Gasteiger partial charge >= 0.3 is 37.9 Å². The summed E-state index contributed by atoms with van der Waals surface area (Å²) in [5, 5.41) is 11.0. The molecule has 0 unspecified atom stereocenters. The number of hydrogen-bond acceptors (Lipinski definition) is 2. The molecule has 0 saturated heterocycles. The van der Waals surface area contributed by atoms with Crippen molar-refractivity contribution in [2.75, 3.05) is 13.7 Å². The second-order valence-corrected chi connectivity index (χ2v) is 11.9. The number of rotatable bonds is 3. The quantitative estimate of drug-likeness (QED) is 0.442. The van der Waals surface area contributed by atoms with Crippen LogP contribution in [0.2, 0.25) is 12.6 Å². The Kier molecular flexibility index (Phi) is 18.7. The second-order valence-electron chi connectivity index (χ2n) is 5.86. The van der Waals surface area contributed by atoms with Gasteiger partial charge in [-0.05, 0) is 12.6 Å². The summed E-state index contributed by atoms with van der Waals surface area (Å²) in [6.07, 6.45) is 0. The minimum Gasteiger partial charge on any atom is -0.168 e. The first-order valence-corrected chi connectivity index (χ1v) is 15.9. The van der Waals surface area contributed by atoms with E-state index < -0.39 is 29.9 Å². The second kappa shape index (κ2) is 16.8. The molecule has 1 radical (unpaired) electrons. The summed E-state index contributed by atoms with van der Waals surface area (Å²) >= 11 is -0.826. The van der Waals surface area contributed by atoms with Crippen LogP contribution in [0.25, 0.3) is 16.5 Å². The number of aliphatic hydroxyl groups is 1. The third-order valence-electron chi connectivity index (χ3n) is 2.36. The zero-order chi connectivity index (χ0) is 19.0. The minimum absolute atomic E-state index is 0.250. The number of benzene rings is 1. The van der Waals surface area contributed by atoms with Gasteiger partial charge < -0.3 is 15.3 Å². The van der Waals surface area contributed by atoms with E-state index in [1.807, 2.05) is 27.3 Å². The molecule has 2 rings (SSSR count). The summed E-state index contributed by atoms with van der Waals surface area (Å²) in [5.74, 6) is 0. The Hall–Kier alpha value is 0.390. The van der Waals surface area contributed by atoms with Gasteiger partial charge in [0.2, 0.25) is 9.04 Å². The van der Waals surface area contributed by atoms with E-state index in [0.717, 1.165) is 6.04 Å². The molecule has 0 saturated carbocycles. The number of fused-ring (bicyclic) bond motifs is 1. The summed E-state index contributed by atoms with van der Waals surface area (Å²) < 4.78 is 4.93. The van der Waals surface area contributed by atoms with E-state index >= 15 is 0 Å². The third-order valence-corrected chi connectivity index (χ3v) is 3.98. The largest absolute Gasteiger partial charge is 0.168 e. The van der Waals surface area contributed by atoms with Crippen LogP contribution < -0.4 is 0 Å². The average molecular weight is 469 g/mol. The fourth-order valence-corrected chi connectivity index (χ4v) is 1.85. The molecule has 0 bridgehead atoms. The van der Waals surface area contributed by atoms with Crippen LogP contribution in [-0.2, 0) is 25.3 Å². The van der Waals surface area contributed by atoms with Gasteiger partial charge in [-0.3, -0.25) is 0 Å². The van der Waals surface area contributed by atoms with Crippen LogP contribution >= 0.6 is 17.0 Å². The topological polar surface area (TPSA) is 53.3 Å². The van der Waals surface area contributed by atoms with E-state index in [1.165, 1.54) is 10.8 Å². The summed E-state index contributed by atoms with van der Waals surface area (Å²) in [7, 11) is 10.9. The maximum Gasteiger partial charge on any atom is -0.0809 e. The van der Waals surface area contributed by atoms with E-state index in [-0.39, 0.29) is 12.1 Å². The van der Waals surface area contributed by atoms with Crippen LogP contribution in [-0.4, -0.2) is 33.4 Å².